The topological polar surface area (TPSA) is 92.8 Å². The van der Waals surface area contributed by atoms with E-state index in [2.05, 4.69) is 36.1 Å². The Bertz CT molecular complexity index is 1880. The molecule has 0 atom stereocenters. The third kappa shape index (κ3) is 3.09. The normalized spacial score (nSPS) is 11.7. The Morgan fingerprint density at radius 3 is 2.09 bits per heavy atom. The molecule has 1 N–H and O–H groups in total. The maximum Gasteiger partial charge on any atom is 0.323 e. The van der Waals surface area contributed by atoms with Crippen molar-refractivity contribution in [1.82, 2.24) is 4.57 Å². The molecule has 0 fully saturated rings. The van der Waals surface area contributed by atoms with Gasteiger partial charge in [-0.3, -0.25) is 19.0 Å². The first kappa shape index (κ1) is 20.9. The number of anilines is 2. The lowest BCUT2D eigenvalue weighted by Crippen LogP contribution is -2.35. The quantitative estimate of drug-likeness (QED) is 0.291. The lowest BCUT2D eigenvalue weighted by Gasteiger charge is -2.20. The molecule has 35 heavy (non-hydrogen) atoms. The number of pyridine rings is 1. The van der Waals surface area contributed by atoms with E-state index in [0.29, 0.717) is 32.7 Å². The molecule has 2 aromatic heterocycles. The number of aromatic nitrogens is 1. The van der Waals surface area contributed by atoms with E-state index in [1.807, 2.05) is 31.3 Å². The number of carboxylic acid groups (broad SMARTS) is 1. The lowest BCUT2D eigenvalue weighted by atomic mass is 9.96. The Morgan fingerprint density at radius 2 is 1.40 bits per heavy atom. The molecule has 6 rings (SSSR count). The summed E-state index contributed by atoms with van der Waals surface area (Å²) in [6.07, 6.45) is 0. The van der Waals surface area contributed by atoms with Crippen molar-refractivity contribution in [1.29, 1.82) is 0 Å². The summed E-state index contributed by atoms with van der Waals surface area (Å²) in [6, 6.07) is 21.0. The highest BCUT2D eigenvalue weighted by Gasteiger charge is 2.20. The number of aryl methyl sites for hydroxylation is 1. The van der Waals surface area contributed by atoms with Gasteiger partial charge in [0.1, 0.15) is 17.7 Å². The molecule has 0 radical (unpaired) electrons. The molecule has 7 nitrogen and oxygen atoms in total. The fourth-order valence-corrected chi connectivity index (χ4v) is 4.85. The van der Waals surface area contributed by atoms with Crippen LogP contribution in [0.4, 0.5) is 11.4 Å². The second kappa shape index (κ2) is 7.43. The molecule has 0 amide bonds. The second-order valence-electron chi connectivity index (χ2n) is 8.79. The van der Waals surface area contributed by atoms with Crippen LogP contribution in [0.15, 0.2) is 80.7 Å². The first-order chi connectivity index (χ1) is 16.8. The number of fused-ring (bicyclic) bond motifs is 2. The average molecular weight is 464 g/mol. The van der Waals surface area contributed by atoms with Gasteiger partial charge in [0.25, 0.3) is 11.1 Å². The summed E-state index contributed by atoms with van der Waals surface area (Å²) >= 11 is 0. The van der Waals surface area contributed by atoms with Crippen molar-refractivity contribution in [3.63, 3.8) is 0 Å². The van der Waals surface area contributed by atoms with Crippen LogP contribution >= 0.6 is 0 Å². The molecule has 172 valence electrons. The Kier molecular flexibility index (Phi) is 4.44. The lowest BCUT2D eigenvalue weighted by molar-refractivity contribution is -0.137. The van der Waals surface area contributed by atoms with E-state index >= 15 is 0 Å². The van der Waals surface area contributed by atoms with Crippen molar-refractivity contribution in [3.8, 4) is 0 Å². The first-order valence-electron chi connectivity index (χ1n) is 11.1. The van der Waals surface area contributed by atoms with Crippen molar-refractivity contribution in [3.05, 3.63) is 93.0 Å². The number of nitrogens with zero attached hydrogens (tertiary/aromatic N) is 2. The number of rotatable bonds is 4. The molecule has 2 heterocycles. The smallest absolute Gasteiger partial charge is 0.323 e. The number of aliphatic carboxylic acids is 1. The van der Waals surface area contributed by atoms with Crippen molar-refractivity contribution in [2.75, 3.05) is 11.9 Å². The van der Waals surface area contributed by atoms with Crippen molar-refractivity contribution in [2.45, 2.75) is 13.5 Å². The molecular formula is C28H20N2O5. The summed E-state index contributed by atoms with van der Waals surface area (Å²) < 4.78 is 7.05. The van der Waals surface area contributed by atoms with Crippen LogP contribution in [0, 0.1) is 6.92 Å². The van der Waals surface area contributed by atoms with Crippen LogP contribution in [0.3, 0.4) is 0 Å². The van der Waals surface area contributed by atoms with Gasteiger partial charge in [0.15, 0.2) is 0 Å². The van der Waals surface area contributed by atoms with E-state index in [1.165, 1.54) is 5.56 Å². The highest BCUT2D eigenvalue weighted by atomic mass is 16.4. The van der Waals surface area contributed by atoms with Gasteiger partial charge in [0, 0.05) is 51.4 Å². The second-order valence-corrected chi connectivity index (χ2v) is 8.79. The molecule has 0 saturated carbocycles. The van der Waals surface area contributed by atoms with Gasteiger partial charge < -0.3 is 14.4 Å². The van der Waals surface area contributed by atoms with E-state index < -0.39 is 23.6 Å². The zero-order valence-corrected chi connectivity index (χ0v) is 19.0. The van der Waals surface area contributed by atoms with Crippen LogP contribution in [0.2, 0.25) is 0 Å². The Hall–Kier alpha value is -4.65. The minimum Gasteiger partial charge on any atom is -0.480 e. The molecule has 0 aliphatic rings. The third-order valence-corrected chi connectivity index (χ3v) is 6.65. The zero-order valence-electron chi connectivity index (χ0n) is 19.0. The standard InChI is InChI=1S/C28H20N2O5/c1-15-3-5-16(6-4-15)29(2)17-7-8-18-19-9-10-20-25-21(28(34)30(27(20)33)14-24(31)32)11-12-22(26(19)25)35-23(18)13-17/h3-13H,14H2,1-2H3,(H,31,32). The highest BCUT2D eigenvalue weighted by Crippen LogP contribution is 2.38. The van der Waals surface area contributed by atoms with Crippen molar-refractivity contribution < 1.29 is 14.3 Å². The Balaban J connectivity index is 1.62. The highest BCUT2D eigenvalue weighted by molar-refractivity contribution is 6.26. The molecule has 0 aliphatic heterocycles. The monoisotopic (exact) mass is 464 g/mol. The van der Waals surface area contributed by atoms with E-state index in [0.717, 1.165) is 26.7 Å². The minimum atomic E-state index is -1.25. The van der Waals surface area contributed by atoms with Crippen LogP contribution in [0.25, 0.3) is 43.5 Å². The van der Waals surface area contributed by atoms with E-state index in [4.69, 9.17) is 9.52 Å². The van der Waals surface area contributed by atoms with Crippen molar-refractivity contribution >= 4 is 60.8 Å². The SMILES string of the molecule is Cc1ccc(N(C)c2ccc3c(c2)oc2ccc4c(=O)n(CC(=O)O)c(=O)c5ccc3c2c45)cc1. The largest absolute Gasteiger partial charge is 0.480 e. The molecule has 0 bridgehead atoms. The molecule has 7 heteroatoms. The maximum absolute atomic E-state index is 13.0. The molecule has 0 unspecified atom stereocenters. The number of hydrogen-bond acceptors (Lipinski definition) is 5. The number of hydrogen-bond donors (Lipinski definition) is 1. The van der Waals surface area contributed by atoms with Crippen molar-refractivity contribution in [2.24, 2.45) is 0 Å². The maximum atomic E-state index is 13.0. The predicted octanol–water partition coefficient (Wildman–Crippen LogP) is 5.01. The summed E-state index contributed by atoms with van der Waals surface area (Å²) in [5, 5.41) is 12.7. The van der Waals surface area contributed by atoms with Gasteiger partial charge in [-0.2, -0.15) is 0 Å². The first-order valence-corrected chi connectivity index (χ1v) is 11.1. The average Bonchev–Trinajstić information content (AvgIpc) is 2.85. The Morgan fingerprint density at radius 1 is 0.800 bits per heavy atom. The van der Waals surface area contributed by atoms with E-state index in [9.17, 15) is 14.4 Å². The molecule has 0 saturated heterocycles. The van der Waals surface area contributed by atoms with Gasteiger partial charge in [-0.25, -0.2) is 0 Å². The summed E-state index contributed by atoms with van der Waals surface area (Å²) in [5.41, 5.74) is 3.19. The number of benzene rings is 4. The number of carbonyl (C=O) groups is 1. The summed E-state index contributed by atoms with van der Waals surface area (Å²) in [4.78, 5) is 39.3. The van der Waals surface area contributed by atoms with E-state index in [-0.39, 0.29) is 0 Å². The van der Waals surface area contributed by atoms with Crippen LogP contribution in [0.5, 0.6) is 0 Å². The van der Waals surface area contributed by atoms with Gasteiger partial charge in [0.2, 0.25) is 0 Å². The fraction of sp³-hybridized carbons (Fsp3) is 0.107. The molecule has 0 aliphatic carbocycles. The molecular weight excluding hydrogens is 444 g/mol. The predicted molar refractivity (Wildman–Crippen MR) is 137 cm³/mol. The van der Waals surface area contributed by atoms with Crippen LogP contribution in [0.1, 0.15) is 5.56 Å². The van der Waals surface area contributed by atoms with Gasteiger partial charge in [-0.05, 0) is 54.8 Å². The summed E-state index contributed by atoms with van der Waals surface area (Å²) in [5.74, 6) is -1.25. The Labute approximate surface area is 198 Å². The van der Waals surface area contributed by atoms with Gasteiger partial charge in [0.05, 0.1) is 0 Å². The minimum absolute atomic E-state index is 0.296. The van der Waals surface area contributed by atoms with Gasteiger partial charge in [-0.1, -0.05) is 23.8 Å². The summed E-state index contributed by atoms with van der Waals surface area (Å²) in [7, 11) is 1.99. The molecule has 4 aromatic carbocycles. The zero-order chi connectivity index (χ0) is 24.4. The van der Waals surface area contributed by atoms with E-state index in [1.54, 1.807) is 18.2 Å². The summed E-state index contributed by atoms with van der Waals surface area (Å²) in [6.45, 7) is 1.37. The third-order valence-electron chi connectivity index (χ3n) is 6.65. The fourth-order valence-electron chi connectivity index (χ4n) is 4.85. The van der Waals surface area contributed by atoms with Crippen LogP contribution in [-0.2, 0) is 11.3 Å². The number of carboxylic acids is 1. The van der Waals surface area contributed by atoms with Crippen LogP contribution < -0.4 is 16.0 Å². The molecule has 6 aromatic rings. The molecule has 0 spiro atoms. The van der Waals surface area contributed by atoms with Crippen LogP contribution in [-0.4, -0.2) is 22.7 Å². The van der Waals surface area contributed by atoms with Gasteiger partial charge >= 0.3 is 5.97 Å². The van der Waals surface area contributed by atoms with Gasteiger partial charge in [-0.15, -0.1) is 0 Å².